The van der Waals surface area contributed by atoms with Gasteiger partial charge in [-0.3, -0.25) is 9.59 Å². The summed E-state index contributed by atoms with van der Waals surface area (Å²) < 4.78 is 0. The lowest BCUT2D eigenvalue weighted by molar-refractivity contribution is -0.130. The van der Waals surface area contributed by atoms with Crippen LogP contribution >= 0.6 is 0 Å². The first-order chi connectivity index (χ1) is 8.25. The summed E-state index contributed by atoms with van der Waals surface area (Å²) in [5.41, 5.74) is 0. The monoisotopic (exact) mass is 239 g/mol. The fourth-order valence-electron chi connectivity index (χ4n) is 2.02. The maximum atomic E-state index is 11.7. The summed E-state index contributed by atoms with van der Waals surface area (Å²) in [5.74, 6) is 0.157. The van der Waals surface area contributed by atoms with E-state index in [0.29, 0.717) is 25.6 Å². The summed E-state index contributed by atoms with van der Waals surface area (Å²) in [6, 6.07) is 0.548. The topological polar surface area (TPSA) is 61.4 Å². The van der Waals surface area contributed by atoms with E-state index in [4.69, 9.17) is 0 Å². The van der Waals surface area contributed by atoms with Gasteiger partial charge in [-0.1, -0.05) is 0 Å². The van der Waals surface area contributed by atoms with Crippen LogP contribution in [0.4, 0.5) is 0 Å². The van der Waals surface area contributed by atoms with Crippen molar-refractivity contribution >= 4 is 11.8 Å². The molecule has 2 fully saturated rings. The third-order valence-corrected chi connectivity index (χ3v) is 3.25. The summed E-state index contributed by atoms with van der Waals surface area (Å²) >= 11 is 0. The molecule has 1 saturated heterocycles. The van der Waals surface area contributed by atoms with Gasteiger partial charge in [0.1, 0.15) is 0 Å². The third kappa shape index (κ3) is 4.34. The highest BCUT2D eigenvalue weighted by Gasteiger charge is 2.21. The first-order valence-electron chi connectivity index (χ1n) is 6.53. The van der Waals surface area contributed by atoms with E-state index in [0.717, 1.165) is 25.9 Å². The SMILES string of the molecule is O=C(CNC1CC1)NCCC(=O)N1CCCC1. The first kappa shape index (κ1) is 12.4. The van der Waals surface area contributed by atoms with Crippen molar-refractivity contribution in [2.24, 2.45) is 0 Å². The molecule has 96 valence electrons. The van der Waals surface area contributed by atoms with E-state index >= 15 is 0 Å². The third-order valence-electron chi connectivity index (χ3n) is 3.25. The molecule has 1 aliphatic heterocycles. The van der Waals surface area contributed by atoms with Crippen LogP contribution in [0.2, 0.25) is 0 Å². The highest BCUT2D eigenvalue weighted by molar-refractivity contribution is 5.80. The maximum Gasteiger partial charge on any atom is 0.233 e. The molecule has 5 heteroatoms. The van der Waals surface area contributed by atoms with Crippen LogP contribution in [0.3, 0.4) is 0 Å². The lowest BCUT2D eigenvalue weighted by Crippen LogP contribution is -2.37. The van der Waals surface area contributed by atoms with Crippen LogP contribution in [0.25, 0.3) is 0 Å². The summed E-state index contributed by atoms with van der Waals surface area (Å²) in [5, 5.41) is 5.91. The molecule has 0 aromatic carbocycles. The van der Waals surface area contributed by atoms with E-state index in [1.54, 1.807) is 0 Å². The second-order valence-electron chi connectivity index (χ2n) is 4.84. The van der Waals surface area contributed by atoms with E-state index in [9.17, 15) is 9.59 Å². The van der Waals surface area contributed by atoms with E-state index in [1.165, 1.54) is 12.8 Å². The number of carbonyl (C=O) groups is 2. The Balaban J connectivity index is 1.51. The molecular weight excluding hydrogens is 218 g/mol. The zero-order chi connectivity index (χ0) is 12.1. The van der Waals surface area contributed by atoms with E-state index in [1.807, 2.05) is 4.90 Å². The number of nitrogens with one attached hydrogen (secondary N) is 2. The molecule has 0 aromatic heterocycles. The van der Waals surface area contributed by atoms with E-state index in [-0.39, 0.29) is 11.8 Å². The highest BCUT2D eigenvalue weighted by atomic mass is 16.2. The predicted octanol–water partition coefficient (Wildman–Crippen LogP) is -0.133. The zero-order valence-corrected chi connectivity index (χ0v) is 10.2. The van der Waals surface area contributed by atoms with Gasteiger partial charge in [0.25, 0.3) is 0 Å². The summed E-state index contributed by atoms with van der Waals surface area (Å²) in [6.45, 7) is 2.61. The molecular formula is C12H21N3O2. The molecule has 0 spiro atoms. The second kappa shape index (κ2) is 6.00. The van der Waals surface area contributed by atoms with Crippen LogP contribution in [0.15, 0.2) is 0 Å². The van der Waals surface area contributed by atoms with Gasteiger partial charge in [-0.05, 0) is 25.7 Å². The van der Waals surface area contributed by atoms with Crippen LogP contribution in [-0.2, 0) is 9.59 Å². The summed E-state index contributed by atoms with van der Waals surface area (Å²) in [4.78, 5) is 24.9. The molecule has 1 aliphatic carbocycles. The van der Waals surface area contributed by atoms with Crippen LogP contribution in [0, 0.1) is 0 Å². The summed E-state index contributed by atoms with van der Waals surface area (Å²) in [6.07, 6.45) is 5.02. The normalized spacial score (nSPS) is 19.4. The molecule has 1 heterocycles. The Morgan fingerprint density at radius 2 is 1.88 bits per heavy atom. The molecule has 2 rings (SSSR count). The van der Waals surface area contributed by atoms with Crippen molar-refractivity contribution < 1.29 is 9.59 Å². The molecule has 17 heavy (non-hydrogen) atoms. The minimum absolute atomic E-state index is 0.00822. The van der Waals surface area contributed by atoms with Gasteiger partial charge < -0.3 is 15.5 Å². The van der Waals surface area contributed by atoms with Gasteiger partial charge in [-0.15, -0.1) is 0 Å². The number of rotatable bonds is 6. The van der Waals surface area contributed by atoms with Crippen molar-refractivity contribution in [3.63, 3.8) is 0 Å². The average molecular weight is 239 g/mol. The van der Waals surface area contributed by atoms with Gasteiger partial charge >= 0.3 is 0 Å². The maximum absolute atomic E-state index is 11.7. The molecule has 2 amide bonds. The van der Waals surface area contributed by atoms with Gasteiger partial charge in [0.05, 0.1) is 6.54 Å². The molecule has 5 nitrogen and oxygen atoms in total. The standard InChI is InChI=1S/C12H21N3O2/c16-11(9-14-10-3-4-10)13-6-5-12(17)15-7-1-2-8-15/h10,14H,1-9H2,(H,13,16). The fraction of sp³-hybridized carbons (Fsp3) is 0.833. The van der Waals surface area contributed by atoms with Crippen molar-refractivity contribution in [3.05, 3.63) is 0 Å². The van der Waals surface area contributed by atoms with Gasteiger partial charge in [-0.2, -0.15) is 0 Å². The van der Waals surface area contributed by atoms with E-state index < -0.39 is 0 Å². The van der Waals surface area contributed by atoms with Gasteiger partial charge in [0, 0.05) is 32.1 Å². The van der Waals surface area contributed by atoms with Crippen molar-refractivity contribution in [2.75, 3.05) is 26.2 Å². The van der Waals surface area contributed by atoms with E-state index in [2.05, 4.69) is 10.6 Å². The largest absolute Gasteiger partial charge is 0.354 e. The fourth-order valence-corrected chi connectivity index (χ4v) is 2.02. The molecule has 1 saturated carbocycles. The Hall–Kier alpha value is -1.10. The van der Waals surface area contributed by atoms with Crippen molar-refractivity contribution in [1.29, 1.82) is 0 Å². The molecule has 2 aliphatic rings. The van der Waals surface area contributed by atoms with Crippen LogP contribution < -0.4 is 10.6 Å². The Bertz CT molecular complexity index is 283. The Morgan fingerprint density at radius 3 is 2.53 bits per heavy atom. The van der Waals surface area contributed by atoms with Gasteiger partial charge in [-0.25, -0.2) is 0 Å². The molecule has 0 radical (unpaired) electrons. The Labute approximate surface area is 102 Å². The Kier molecular flexibility index (Phi) is 4.36. The van der Waals surface area contributed by atoms with Crippen LogP contribution in [-0.4, -0.2) is 48.9 Å². The molecule has 0 unspecified atom stereocenters. The van der Waals surface area contributed by atoms with Gasteiger partial charge in [0.2, 0.25) is 11.8 Å². The van der Waals surface area contributed by atoms with Crippen molar-refractivity contribution in [1.82, 2.24) is 15.5 Å². The highest BCUT2D eigenvalue weighted by Crippen LogP contribution is 2.17. The van der Waals surface area contributed by atoms with Crippen molar-refractivity contribution in [2.45, 2.75) is 38.1 Å². The average Bonchev–Trinajstić information content (AvgIpc) is 2.98. The lowest BCUT2D eigenvalue weighted by atomic mass is 10.3. The lowest BCUT2D eigenvalue weighted by Gasteiger charge is -2.15. The van der Waals surface area contributed by atoms with Gasteiger partial charge in [0.15, 0.2) is 0 Å². The van der Waals surface area contributed by atoms with Crippen molar-refractivity contribution in [3.8, 4) is 0 Å². The number of carbonyl (C=O) groups excluding carboxylic acids is 2. The Morgan fingerprint density at radius 1 is 1.18 bits per heavy atom. The minimum Gasteiger partial charge on any atom is -0.354 e. The molecule has 2 N–H and O–H groups in total. The number of hydrogen-bond donors (Lipinski definition) is 2. The number of likely N-dealkylation sites (tertiary alicyclic amines) is 1. The zero-order valence-electron chi connectivity index (χ0n) is 10.2. The summed E-state index contributed by atoms with van der Waals surface area (Å²) in [7, 11) is 0. The number of nitrogens with zero attached hydrogens (tertiary/aromatic N) is 1. The smallest absolute Gasteiger partial charge is 0.233 e. The van der Waals surface area contributed by atoms with Crippen LogP contribution in [0.5, 0.6) is 0 Å². The second-order valence-corrected chi connectivity index (χ2v) is 4.84. The quantitative estimate of drug-likeness (QED) is 0.678. The first-order valence-corrected chi connectivity index (χ1v) is 6.53. The number of hydrogen-bond acceptors (Lipinski definition) is 3. The predicted molar refractivity (Wildman–Crippen MR) is 64.5 cm³/mol. The van der Waals surface area contributed by atoms with Crippen LogP contribution in [0.1, 0.15) is 32.1 Å². The molecule has 0 bridgehead atoms. The number of amides is 2. The molecule has 0 aromatic rings. The minimum atomic E-state index is -0.00822. The molecule has 0 atom stereocenters.